The molecule has 110 valence electrons. The van der Waals surface area contributed by atoms with Crippen molar-refractivity contribution in [2.45, 2.75) is 6.54 Å². The summed E-state index contributed by atoms with van der Waals surface area (Å²) < 4.78 is 10.9. The number of carbonyl (C=O) groups excluding carboxylic acids is 1. The minimum Gasteiger partial charge on any atom is -0.479 e. The Morgan fingerprint density at radius 2 is 2.19 bits per heavy atom. The molecule has 0 radical (unpaired) electrons. The number of methoxy groups -OCH3 is 2. The van der Waals surface area contributed by atoms with E-state index in [0.717, 1.165) is 4.68 Å². The van der Waals surface area contributed by atoms with Crippen LogP contribution in [-0.2, 0) is 11.3 Å². The lowest BCUT2D eigenvalue weighted by atomic mass is 10.4. The molecular weight excluding hydrogens is 278 g/mol. The first-order valence-electron chi connectivity index (χ1n) is 5.91. The fourth-order valence-electron chi connectivity index (χ4n) is 1.52. The van der Waals surface area contributed by atoms with Crippen molar-refractivity contribution in [3.8, 4) is 11.9 Å². The van der Waals surface area contributed by atoms with Crippen LogP contribution >= 0.6 is 0 Å². The fraction of sp³-hybridized carbons (Fsp3) is 0.250. The number of aromatic nitrogens is 4. The standard InChI is InChI=1S/C12H13N5O4/c1-20-11-8(6-13-12(16-11)21-2)15-9(18)7-17-10(19)4-3-5-14-17/h3-6H,7H2,1-2H3,(H,15,18). The molecule has 0 unspecified atom stereocenters. The Bertz CT molecular complexity index is 700. The number of hydrogen-bond acceptors (Lipinski definition) is 7. The van der Waals surface area contributed by atoms with Crippen LogP contribution < -0.4 is 20.3 Å². The normalized spacial score (nSPS) is 10.0. The molecule has 0 fully saturated rings. The van der Waals surface area contributed by atoms with Crippen molar-refractivity contribution in [2.24, 2.45) is 0 Å². The van der Waals surface area contributed by atoms with Crippen molar-refractivity contribution in [2.75, 3.05) is 19.5 Å². The number of rotatable bonds is 5. The maximum atomic E-state index is 11.9. The Hall–Kier alpha value is -2.97. The van der Waals surface area contributed by atoms with Crippen molar-refractivity contribution in [3.63, 3.8) is 0 Å². The van der Waals surface area contributed by atoms with Crippen molar-refractivity contribution in [1.82, 2.24) is 19.7 Å². The molecule has 9 heteroatoms. The number of ether oxygens (including phenoxy) is 2. The van der Waals surface area contributed by atoms with Crippen LogP contribution in [0, 0.1) is 0 Å². The zero-order chi connectivity index (χ0) is 15.2. The highest BCUT2D eigenvalue weighted by Crippen LogP contribution is 2.22. The summed E-state index contributed by atoms with van der Waals surface area (Å²) in [4.78, 5) is 31.2. The zero-order valence-corrected chi connectivity index (χ0v) is 11.4. The molecule has 2 rings (SSSR count). The van der Waals surface area contributed by atoms with Crippen LogP contribution in [0.15, 0.2) is 29.3 Å². The lowest BCUT2D eigenvalue weighted by Gasteiger charge is -2.09. The van der Waals surface area contributed by atoms with E-state index in [-0.39, 0.29) is 29.7 Å². The van der Waals surface area contributed by atoms with Crippen molar-refractivity contribution >= 4 is 11.6 Å². The first-order valence-corrected chi connectivity index (χ1v) is 5.91. The third kappa shape index (κ3) is 3.53. The summed E-state index contributed by atoms with van der Waals surface area (Å²) in [6, 6.07) is 2.93. The second kappa shape index (κ2) is 6.46. The predicted molar refractivity (Wildman–Crippen MR) is 72.3 cm³/mol. The van der Waals surface area contributed by atoms with E-state index >= 15 is 0 Å². The van der Waals surface area contributed by atoms with Crippen LogP contribution in [0.5, 0.6) is 11.9 Å². The Labute approximate surface area is 119 Å². The smallest absolute Gasteiger partial charge is 0.319 e. The largest absolute Gasteiger partial charge is 0.479 e. The molecule has 0 aliphatic heterocycles. The van der Waals surface area contributed by atoms with E-state index in [1.807, 2.05) is 0 Å². The highest BCUT2D eigenvalue weighted by Gasteiger charge is 2.12. The SMILES string of the molecule is COc1ncc(NC(=O)Cn2ncccc2=O)c(OC)n1. The van der Waals surface area contributed by atoms with Gasteiger partial charge in [0, 0.05) is 12.3 Å². The fourth-order valence-corrected chi connectivity index (χ4v) is 1.52. The lowest BCUT2D eigenvalue weighted by molar-refractivity contribution is -0.117. The second-order valence-corrected chi connectivity index (χ2v) is 3.85. The van der Waals surface area contributed by atoms with Crippen LogP contribution in [0.3, 0.4) is 0 Å². The van der Waals surface area contributed by atoms with Gasteiger partial charge in [0.1, 0.15) is 12.2 Å². The second-order valence-electron chi connectivity index (χ2n) is 3.85. The van der Waals surface area contributed by atoms with Crippen LogP contribution in [0.1, 0.15) is 0 Å². The summed E-state index contributed by atoms with van der Waals surface area (Å²) in [5.74, 6) is -0.300. The number of amides is 1. The van der Waals surface area contributed by atoms with Crippen molar-refractivity contribution < 1.29 is 14.3 Å². The van der Waals surface area contributed by atoms with Crippen molar-refractivity contribution in [1.29, 1.82) is 0 Å². The molecule has 0 spiro atoms. The average molecular weight is 291 g/mol. The van der Waals surface area contributed by atoms with E-state index in [4.69, 9.17) is 9.47 Å². The minimum atomic E-state index is -0.456. The Morgan fingerprint density at radius 1 is 1.38 bits per heavy atom. The molecule has 2 heterocycles. The number of nitrogens with one attached hydrogen (secondary N) is 1. The van der Waals surface area contributed by atoms with E-state index < -0.39 is 5.91 Å². The van der Waals surface area contributed by atoms with Gasteiger partial charge < -0.3 is 14.8 Å². The molecule has 0 aliphatic carbocycles. The van der Waals surface area contributed by atoms with Crippen molar-refractivity contribution in [3.05, 3.63) is 34.9 Å². The van der Waals surface area contributed by atoms with Gasteiger partial charge in [0.25, 0.3) is 5.56 Å². The summed E-state index contributed by atoms with van der Waals surface area (Å²) in [7, 11) is 2.82. The van der Waals surface area contributed by atoms with Gasteiger partial charge in [-0.05, 0) is 6.07 Å². The Kier molecular flexibility index (Phi) is 4.44. The van der Waals surface area contributed by atoms with E-state index in [0.29, 0.717) is 0 Å². The van der Waals surface area contributed by atoms with Gasteiger partial charge in [0.05, 0.1) is 20.4 Å². The molecule has 2 aromatic rings. The Morgan fingerprint density at radius 3 is 2.86 bits per heavy atom. The van der Waals surface area contributed by atoms with Crippen LogP contribution in [0.4, 0.5) is 5.69 Å². The lowest BCUT2D eigenvalue weighted by Crippen LogP contribution is -2.28. The zero-order valence-electron chi connectivity index (χ0n) is 11.4. The maximum Gasteiger partial charge on any atom is 0.319 e. The van der Waals surface area contributed by atoms with Gasteiger partial charge in [-0.3, -0.25) is 9.59 Å². The molecule has 0 aromatic carbocycles. The highest BCUT2D eigenvalue weighted by atomic mass is 16.5. The van der Waals surface area contributed by atoms with Crippen LogP contribution in [-0.4, -0.2) is 39.9 Å². The van der Waals surface area contributed by atoms with E-state index in [2.05, 4.69) is 20.4 Å². The first kappa shape index (κ1) is 14.4. The molecule has 0 aliphatic rings. The molecule has 0 bridgehead atoms. The van der Waals surface area contributed by atoms with Gasteiger partial charge in [-0.2, -0.15) is 10.1 Å². The van der Waals surface area contributed by atoms with Gasteiger partial charge in [0.2, 0.25) is 11.8 Å². The van der Waals surface area contributed by atoms with Gasteiger partial charge in [-0.1, -0.05) is 0 Å². The summed E-state index contributed by atoms with van der Waals surface area (Å²) in [5, 5.41) is 6.33. The molecule has 0 atom stereocenters. The number of carbonyl (C=O) groups is 1. The average Bonchev–Trinajstić information content (AvgIpc) is 2.50. The van der Waals surface area contributed by atoms with E-state index in [1.165, 1.54) is 38.7 Å². The predicted octanol–water partition coefficient (Wildman–Crippen LogP) is -0.311. The molecular formula is C12H13N5O4. The monoisotopic (exact) mass is 291 g/mol. The number of nitrogens with zero attached hydrogens (tertiary/aromatic N) is 4. The summed E-state index contributed by atoms with van der Waals surface area (Å²) in [6.45, 7) is -0.227. The third-order valence-corrected chi connectivity index (χ3v) is 2.46. The summed E-state index contributed by atoms with van der Waals surface area (Å²) in [6.07, 6.45) is 2.77. The molecule has 1 amide bonds. The van der Waals surface area contributed by atoms with Crippen LogP contribution in [0.25, 0.3) is 0 Å². The molecule has 1 N–H and O–H groups in total. The topological polar surface area (TPSA) is 108 Å². The molecule has 0 saturated carbocycles. The molecule has 9 nitrogen and oxygen atoms in total. The van der Waals surface area contributed by atoms with E-state index in [1.54, 1.807) is 0 Å². The minimum absolute atomic E-state index is 0.116. The molecule has 0 saturated heterocycles. The number of anilines is 1. The number of hydrogen-bond donors (Lipinski definition) is 1. The summed E-state index contributed by atoms with van der Waals surface area (Å²) in [5.41, 5.74) is -0.0992. The summed E-state index contributed by atoms with van der Waals surface area (Å²) >= 11 is 0. The maximum absolute atomic E-state index is 11.9. The quantitative estimate of drug-likeness (QED) is 0.804. The van der Waals surface area contributed by atoms with Gasteiger partial charge in [-0.25, -0.2) is 9.67 Å². The van der Waals surface area contributed by atoms with Gasteiger partial charge >= 0.3 is 6.01 Å². The Balaban J connectivity index is 2.13. The van der Waals surface area contributed by atoms with E-state index in [9.17, 15) is 9.59 Å². The van der Waals surface area contributed by atoms with Crippen LogP contribution in [0.2, 0.25) is 0 Å². The molecule has 2 aromatic heterocycles. The van der Waals surface area contributed by atoms with Gasteiger partial charge in [0.15, 0.2) is 0 Å². The third-order valence-electron chi connectivity index (χ3n) is 2.46. The first-order chi connectivity index (χ1) is 10.1. The highest BCUT2D eigenvalue weighted by molar-refractivity contribution is 5.91. The molecule has 21 heavy (non-hydrogen) atoms. The van der Waals surface area contributed by atoms with Gasteiger partial charge in [-0.15, -0.1) is 0 Å².